The number of carboxylic acids is 2. The highest BCUT2D eigenvalue weighted by Gasteiger charge is 2.12. The predicted octanol–water partition coefficient (Wildman–Crippen LogP) is 1.99. The molecule has 0 atom stereocenters. The Labute approximate surface area is 96.5 Å². The van der Waals surface area contributed by atoms with Crippen molar-refractivity contribution in [1.29, 1.82) is 0 Å². The summed E-state index contributed by atoms with van der Waals surface area (Å²) in [5.41, 5.74) is 0.799. The number of hydrogen-bond donors (Lipinski definition) is 2. The third-order valence-corrected chi connectivity index (χ3v) is 2.96. The second kappa shape index (κ2) is 5.60. The Morgan fingerprint density at radius 1 is 1.44 bits per heavy atom. The molecular weight excluding hydrogens is 232 g/mol. The molecule has 0 saturated carbocycles. The Balaban J connectivity index is 2.47. The van der Waals surface area contributed by atoms with Gasteiger partial charge in [-0.2, -0.15) is 11.8 Å². The van der Waals surface area contributed by atoms with Crippen molar-refractivity contribution in [3.05, 3.63) is 23.2 Å². The summed E-state index contributed by atoms with van der Waals surface area (Å²) in [6.45, 7) is 1.69. The van der Waals surface area contributed by atoms with Gasteiger partial charge < -0.3 is 14.6 Å². The van der Waals surface area contributed by atoms with Gasteiger partial charge in [0.05, 0.1) is 6.42 Å². The van der Waals surface area contributed by atoms with Crippen LogP contribution in [0.3, 0.4) is 0 Å². The molecule has 0 aliphatic carbocycles. The third-order valence-electron chi connectivity index (χ3n) is 1.95. The zero-order chi connectivity index (χ0) is 12.1. The first-order valence-electron chi connectivity index (χ1n) is 4.63. The van der Waals surface area contributed by atoms with Gasteiger partial charge in [-0.25, -0.2) is 4.79 Å². The number of aliphatic carboxylic acids is 1. The van der Waals surface area contributed by atoms with Gasteiger partial charge in [-0.05, 0) is 13.0 Å². The van der Waals surface area contributed by atoms with Gasteiger partial charge >= 0.3 is 11.9 Å². The van der Waals surface area contributed by atoms with E-state index in [9.17, 15) is 9.59 Å². The summed E-state index contributed by atoms with van der Waals surface area (Å²) < 4.78 is 5.03. The van der Waals surface area contributed by atoms with E-state index in [0.29, 0.717) is 17.3 Å². The third kappa shape index (κ3) is 3.62. The molecule has 0 unspecified atom stereocenters. The smallest absolute Gasteiger partial charge is 0.371 e. The molecule has 0 bridgehead atoms. The minimum absolute atomic E-state index is 0.0775. The molecule has 0 aliphatic heterocycles. The molecule has 1 aromatic heterocycles. The summed E-state index contributed by atoms with van der Waals surface area (Å²) in [6.07, 6.45) is 0.105. The second-order valence-corrected chi connectivity index (χ2v) is 4.30. The van der Waals surface area contributed by atoms with Crippen LogP contribution in [0.25, 0.3) is 0 Å². The van der Waals surface area contributed by atoms with Crippen LogP contribution in [0.4, 0.5) is 0 Å². The molecule has 0 fully saturated rings. The topological polar surface area (TPSA) is 87.7 Å². The van der Waals surface area contributed by atoms with Crippen LogP contribution in [-0.2, 0) is 10.5 Å². The van der Waals surface area contributed by atoms with Crippen LogP contribution in [-0.4, -0.2) is 27.9 Å². The van der Waals surface area contributed by atoms with Gasteiger partial charge in [0.2, 0.25) is 5.76 Å². The summed E-state index contributed by atoms with van der Waals surface area (Å²) >= 11 is 1.44. The van der Waals surface area contributed by atoms with Crippen molar-refractivity contribution in [2.45, 2.75) is 19.1 Å². The summed E-state index contributed by atoms with van der Waals surface area (Å²) in [7, 11) is 0. The largest absolute Gasteiger partial charge is 0.481 e. The van der Waals surface area contributed by atoms with Gasteiger partial charge in [-0.3, -0.25) is 4.79 Å². The Bertz CT molecular complexity index is 396. The maximum Gasteiger partial charge on any atom is 0.371 e. The highest BCUT2D eigenvalue weighted by molar-refractivity contribution is 7.98. The van der Waals surface area contributed by atoms with Crippen molar-refractivity contribution in [1.82, 2.24) is 0 Å². The molecule has 0 saturated heterocycles. The Kier molecular flexibility index (Phi) is 4.42. The van der Waals surface area contributed by atoms with Crippen LogP contribution in [0.5, 0.6) is 0 Å². The van der Waals surface area contributed by atoms with E-state index in [-0.39, 0.29) is 12.2 Å². The molecule has 1 rings (SSSR count). The van der Waals surface area contributed by atoms with E-state index < -0.39 is 11.9 Å². The lowest BCUT2D eigenvalue weighted by atomic mass is 10.3. The van der Waals surface area contributed by atoms with Gasteiger partial charge in [0.1, 0.15) is 5.76 Å². The monoisotopic (exact) mass is 244 g/mol. The van der Waals surface area contributed by atoms with E-state index in [1.165, 1.54) is 17.8 Å². The van der Waals surface area contributed by atoms with Crippen molar-refractivity contribution in [2.24, 2.45) is 0 Å². The second-order valence-electron chi connectivity index (χ2n) is 3.19. The van der Waals surface area contributed by atoms with Crippen molar-refractivity contribution in [3.63, 3.8) is 0 Å². The zero-order valence-corrected chi connectivity index (χ0v) is 9.54. The average Bonchev–Trinajstić information content (AvgIpc) is 2.55. The van der Waals surface area contributed by atoms with Gasteiger partial charge in [-0.1, -0.05) is 0 Å². The van der Waals surface area contributed by atoms with Crippen LogP contribution in [0.15, 0.2) is 10.5 Å². The maximum atomic E-state index is 10.6. The first-order chi connectivity index (χ1) is 7.50. The van der Waals surface area contributed by atoms with Gasteiger partial charge in [0.25, 0.3) is 0 Å². The molecule has 6 heteroatoms. The van der Waals surface area contributed by atoms with Crippen LogP contribution in [0.1, 0.15) is 28.3 Å². The lowest BCUT2D eigenvalue weighted by Crippen LogP contribution is -1.96. The Hall–Kier alpha value is -1.43. The minimum Gasteiger partial charge on any atom is -0.481 e. The molecule has 0 radical (unpaired) electrons. The standard InChI is InChI=1S/C10H12O5S/c1-6-7(4-8(15-6)10(13)14)5-16-3-2-9(11)12/h4H,2-3,5H2,1H3,(H,11,12)(H,13,14). The number of carbonyl (C=O) groups is 2. The Morgan fingerprint density at radius 2 is 2.12 bits per heavy atom. The molecule has 1 aromatic rings. The highest BCUT2D eigenvalue weighted by Crippen LogP contribution is 2.20. The first-order valence-corrected chi connectivity index (χ1v) is 5.78. The van der Waals surface area contributed by atoms with Gasteiger partial charge in [0, 0.05) is 17.1 Å². The van der Waals surface area contributed by atoms with Crippen LogP contribution < -0.4 is 0 Å². The lowest BCUT2D eigenvalue weighted by molar-refractivity contribution is -0.136. The average molecular weight is 244 g/mol. The van der Waals surface area contributed by atoms with Crippen molar-refractivity contribution in [3.8, 4) is 0 Å². The number of rotatable bonds is 6. The summed E-state index contributed by atoms with van der Waals surface area (Å²) in [6, 6.07) is 1.48. The molecule has 0 aliphatic rings. The predicted molar refractivity (Wildman–Crippen MR) is 58.8 cm³/mol. The molecule has 0 aromatic carbocycles. The van der Waals surface area contributed by atoms with Crippen molar-refractivity contribution < 1.29 is 24.2 Å². The van der Waals surface area contributed by atoms with Crippen molar-refractivity contribution in [2.75, 3.05) is 5.75 Å². The maximum absolute atomic E-state index is 10.6. The number of thioether (sulfide) groups is 1. The van der Waals surface area contributed by atoms with Crippen LogP contribution in [0, 0.1) is 6.92 Å². The minimum atomic E-state index is -1.09. The van der Waals surface area contributed by atoms with Gasteiger partial charge in [0.15, 0.2) is 0 Å². The number of furan rings is 1. The molecule has 88 valence electrons. The van der Waals surface area contributed by atoms with E-state index in [4.69, 9.17) is 14.6 Å². The number of aromatic carboxylic acids is 1. The van der Waals surface area contributed by atoms with E-state index in [1.807, 2.05) is 0 Å². The van der Waals surface area contributed by atoms with Crippen LogP contribution >= 0.6 is 11.8 Å². The summed E-state index contributed by atoms with van der Waals surface area (Å²) in [4.78, 5) is 20.9. The molecule has 0 spiro atoms. The number of carboxylic acid groups (broad SMARTS) is 2. The molecule has 5 nitrogen and oxygen atoms in total. The van der Waals surface area contributed by atoms with Crippen LogP contribution in [0.2, 0.25) is 0 Å². The molecule has 0 amide bonds. The van der Waals surface area contributed by atoms with E-state index in [2.05, 4.69) is 0 Å². The zero-order valence-electron chi connectivity index (χ0n) is 8.73. The van der Waals surface area contributed by atoms with Gasteiger partial charge in [-0.15, -0.1) is 0 Å². The lowest BCUT2D eigenvalue weighted by Gasteiger charge is -1.97. The SMILES string of the molecule is Cc1oc(C(=O)O)cc1CSCCC(=O)O. The molecule has 16 heavy (non-hydrogen) atoms. The Morgan fingerprint density at radius 3 is 2.62 bits per heavy atom. The fourth-order valence-corrected chi connectivity index (χ4v) is 2.08. The number of aryl methyl sites for hydroxylation is 1. The fourth-order valence-electron chi connectivity index (χ4n) is 1.11. The van der Waals surface area contributed by atoms with Crippen molar-refractivity contribution >= 4 is 23.7 Å². The van der Waals surface area contributed by atoms with E-state index in [1.54, 1.807) is 6.92 Å². The molecule has 2 N–H and O–H groups in total. The normalized spacial score (nSPS) is 10.3. The molecule has 1 heterocycles. The quantitative estimate of drug-likeness (QED) is 0.744. The van der Waals surface area contributed by atoms with E-state index in [0.717, 1.165) is 5.56 Å². The highest BCUT2D eigenvalue weighted by atomic mass is 32.2. The van der Waals surface area contributed by atoms with E-state index >= 15 is 0 Å². The fraction of sp³-hybridized carbons (Fsp3) is 0.400. The molecular formula is C10H12O5S. The first kappa shape index (κ1) is 12.6. The summed E-state index contributed by atoms with van der Waals surface area (Å²) in [5.74, 6) is -0.364. The number of hydrogen-bond acceptors (Lipinski definition) is 4. The summed E-state index contributed by atoms with van der Waals surface area (Å²) in [5, 5.41) is 17.1.